The molecule has 0 unspecified atom stereocenters. The SMILES string of the molecule is C=CCCCN1C(=O)C(=O)c2cc(Cl)ccc21. The number of fused-ring (bicyclic) bond motifs is 1. The van der Waals surface area contributed by atoms with Gasteiger partial charge in [0.1, 0.15) is 0 Å². The highest BCUT2D eigenvalue weighted by Crippen LogP contribution is 2.31. The van der Waals surface area contributed by atoms with Crippen LogP contribution in [0.4, 0.5) is 5.69 Å². The largest absolute Gasteiger partial charge is 0.305 e. The molecule has 0 N–H and O–H groups in total. The molecular weight excluding hydrogens is 238 g/mol. The van der Waals surface area contributed by atoms with Crippen LogP contribution in [-0.2, 0) is 4.79 Å². The highest BCUT2D eigenvalue weighted by Gasteiger charge is 2.35. The molecule has 0 saturated heterocycles. The van der Waals surface area contributed by atoms with Crippen molar-refractivity contribution in [1.82, 2.24) is 0 Å². The van der Waals surface area contributed by atoms with Gasteiger partial charge in [0.05, 0.1) is 11.3 Å². The minimum Gasteiger partial charge on any atom is -0.305 e. The molecule has 0 saturated carbocycles. The summed E-state index contributed by atoms with van der Waals surface area (Å²) in [5.41, 5.74) is 1.06. The zero-order valence-electron chi connectivity index (χ0n) is 9.28. The van der Waals surface area contributed by atoms with Gasteiger partial charge >= 0.3 is 0 Å². The van der Waals surface area contributed by atoms with E-state index in [4.69, 9.17) is 11.6 Å². The van der Waals surface area contributed by atoms with Crippen LogP contribution in [0, 0.1) is 0 Å². The summed E-state index contributed by atoms with van der Waals surface area (Å²) in [6, 6.07) is 4.95. The molecule has 0 fully saturated rings. The van der Waals surface area contributed by atoms with E-state index < -0.39 is 11.7 Å². The Morgan fingerprint density at radius 3 is 2.82 bits per heavy atom. The average Bonchev–Trinajstić information content (AvgIpc) is 2.54. The summed E-state index contributed by atoms with van der Waals surface area (Å²) in [4.78, 5) is 25.0. The maximum atomic E-state index is 11.8. The summed E-state index contributed by atoms with van der Waals surface area (Å²) in [7, 11) is 0. The van der Waals surface area contributed by atoms with Crippen molar-refractivity contribution in [3.63, 3.8) is 0 Å². The maximum absolute atomic E-state index is 11.8. The van der Waals surface area contributed by atoms with Crippen molar-refractivity contribution in [2.75, 3.05) is 11.4 Å². The normalized spacial score (nSPS) is 14.1. The second kappa shape index (κ2) is 4.72. The molecule has 0 radical (unpaired) electrons. The predicted octanol–water partition coefficient (Wildman–Crippen LogP) is 2.84. The summed E-state index contributed by atoms with van der Waals surface area (Å²) in [6.45, 7) is 4.16. The van der Waals surface area contributed by atoms with E-state index in [9.17, 15) is 9.59 Å². The number of hydrogen-bond donors (Lipinski definition) is 0. The fraction of sp³-hybridized carbons (Fsp3) is 0.231. The molecule has 0 spiro atoms. The summed E-state index contributed by atoms with van der Waals surface area (Å²) < 4.78 is 0. The minimum atomic E-state index is -0.471. The van der Waals surface area contributed by atoms with Crippen molar-refractivity contribution < 1.29 is 9.59 Å². The van der Waals surface area contributed by atoms with E-state index in [0.717, 1.165) is 12.8 Å². The van der Waals surface area contributed by atoms with E-state index in [2.05, 4.69) is 6.58 Å². The average molecular weight is 250 g/mol. The predicted molar refractivity (Wildman–Crippen MR) is 67.6 cm³/mol. The number of carbonyl (C=O) groups is 2. The van der Waals surface area contributed by atoms with E-state index in [1.807, 2.05) is 0 Å². The van der Waals surface area contributed by atoms with Gasteiger partial charge in [-0.05, 0) is 31.0 Å². The Hall–Kier alpha value is -1.61. The number of halogens is 1. The summed E-state index contributed by atoms with van der Waals surface area (Å²) >= 11 is 5.82. The van der Waals surface area contributed by atoms with E-state index in [1.54, 1.807) is 24.3 Å². The van der Waals surface area contributed by atoms with Crippen molar-refractivity contribution in [3.05, 3.63) is 41.4 Å². The highest BCUT2D eigenvalue weighted by molar-refractivity contribution is 6.52. The number of nitrogens with zero attached hydrogens (tertiary/aromatic N) is 1. The number of amides is 1. The number of rotatable bonds is 4. The first-order valence-corrected chi connectivity index (χ1v) is 5.79. The molecule has 0 atom stereocenters. The van der Waals surface area contributed by atoms with Gasteiger partial charge in [0, 0.05) is 11.6 Å². The monoisotopic (exact) mass is 249 g/mol. The van der Waals surface area contributed by atoms with E-state index in [1.165, 1.54) is 4.90 Å². The van der Waals surface area contributed by atoms with Crippen molar-refractivity contribution in [2.24, 2.45) is 0 Å². The molecule has 0 aromatic heterocycles. The number of carbonyl (C=O) groups excluding carboxylic acids is 2. The van der Waals surface area contributed by atoms with E-state index in [-0.39, 0.29) is 0 Å². The topological polar surface area (TPSA) is 37.4 Å². The molecule has 1 heterocycles. The molecule has 1 aromatic carbocycles. The number of allylic oxidation sites excluding steroid dienone is 1. The number of unbranched alkanes of at least 4 members (excludes halogenated alkanes) is 1. The zero-order valence-corrected chi connectivity index (χ0v) is 10.0. The van der Waals surface area contributed by atoms with Gasteiger partial charge in [-0.25, -0.2) is 0 Å². The minimum absolute atomic E-state index is 0.404. The van der Waals surface area contributed by atoms with Crippen LogP contribution in [0.25, 0.3) is 0 Å². The lowest BCUT2D eigenvalue weighted by Gasteiger charge is -2.15. The van der Waals surface area contributed by atoms with Crippen molar-refractivity contribution in [1.29, 1.82) is 0 Å². The standard InChI is InChI=1S/C13H12ClNO2/c1-2-3-4-7-15-11-6-5-9(14)8-10(11)12(16)13(15)17/h2,5-6,8H,1,3-4,7H2. The molecule has 1 aromatic rings. The molecule has 17 heavy (non-hydrogen) atoms. The molecule has 1 aliphatic heterocycles. The Morgan fingerprint density at radius 2 is 2.12 bits per heavy atom. The number of hydrogen-bond acceptors (Lipinski definition) is 2. The van der Waals surface area contributed by atoms with Gasteiger partial charge in [-0.15, -0.1) is 6.58 Å². The van der Waals surface area contributed by atoms with Crippen LogP contribution in [0.2, 0.25) is 5.02 Å². The second-order valence-corrected chi connectivity index (χ2v) is 4.31. The van der Waals surface area contributed by atoms with Gasteiger partial charge in [-0.1, -0.05) is 17.7 Å². The number of benzene rings is 1. The fourth-order valence-electron chi connectivity index (χ4n) is 1.89. The van der Waals surface area contributed by atoms with Crippen LogP contribution < -0.4 is 4.90 Å². The molecule has 1 amide bonds. The Morgan fingerprint density at radius 1 is 1.35 bits per heavy atom. The van der Waals surface area contributed by atoms with E-state index >= 15 is 0 Å². The quantitative estimate of drug-likeness (QED) is 0.467. The Labute approximate surface area is 105 Å². The maximum Gasteiger partial charge on any atom is 0.299 e. The lowest BCUT2D eigenvalue weighted by atomic mass is 10.1. The molecule has 0 aliphatic carbocycles. The molecule has 88 valence electrons. The van der Waals surface area contributed by atoms with Crippen molar-refractivity contribution in [2.45, 2.75) is 12.8 Å². The first kappa shape index (κ1) is 11.9. The lowest BCUT2D eigenvalue weighted by Crippen LogP contribution is -2.30. The van der Waals surface area contributed by atoms with Gasteiger partial charge < -0.3 is 4.90 Å². The molecule has 2 rings (SSSR count). The van der Waals surface area contributed by atoms with Crippen LogP contribution in [0.3, 0.4) is 0 Å². The smallest absolute Gasteiger partial charge is 0.299 e. The third-order valence-corrected chi connectivity index (χ3v) is 2.96. The van der Waals surface area contributed by atoms with Crippen LogP contribution in [0.1, 0.15) is 23.2 Å². The van der Waals surface area contributed by atoms with Gasteiger partial charge in [-0.2, -0.15) is 0 Å². The van der Waals surface area contributed by atoms with Gasteiger partial charge in [0.25, 0.3) is 11.7 Å². The highest BCUT2D eigenvalue weighted by atomic mass is 35.5. The van der Waals surface area contributed by atoms with Gasteiger partial charge in [0.15, 0.2) is 0 Å². The number of anilines is 1. The first-order chi connectivity index (χ1) is 8.15. The molecule has 0 bridgehead atoms. The molecule has 1 aliphatic rings. The van der Waals surface area contributed by atoms with Crippen LogP contribution >= 0.6 is 11.6 Å². The second-order valence-electron chi connectivity index (χ2n) is 3.88. The molecule has 4 heteroatoms. The van der Waals surface area contributed by atoms with Crippen LogP contribution in [0.15, 0.2) is 30.9 Å². The summed E-state index contributed by atoms with van der Waals surface area (Å²) in [5, 5.41) is 0.470. The van der Waals surface area contributed by atoms with Gasteiger partial charge in [-0.3, -0.25) is 9.59 Å². The number of Topliss-reactive ketones (excluding diaryl/α,β-unsaturated/α-hetero) is 1. The van der Waals surface area contributed by atoms with Crippen molar-refractivity contribution >= 4 is 29.0 Å². The summed E-state index contributed by atoms with van der Waals surface area (Å²) in [6.07, 6.45) is 3.41. The number of ketones is 1. The molecule has 3 nitrogen and oxygen atoms in total. The summed E-state index contributed by atoms with van der Waals surface area (Å²) in [5.74, 6) is -0.938. The Bertz CT molecular complexity index is 496. The Kier molecular flexibility index (Phi) is 3.29. The van der Waals surface area contributed by atoms with Crippen molar-refractivity contribution in [3.8, 4) is 0 Å². The first-order valence-electron chi connectivity index (χ1n) is 5.42. The van der Waals surface area contributed by atoms with Crippen LogP contribution in [0.5, 0.6) is 0 Å². The third kappa shape index (κ3) is 2.11. The fourth-order valence-corrected chi connectivity index (χ4v) is 2.06. The lowest BCUT2D eigenvalue weighted by molar-refractivity contribution is -0.114. The van der Waals surface area contributed by atoms with Gasteiger partial charge in [0.2, 0.25) is 0 Å². The Balaban J connectivity index is 2.28. The zero-order chi connectivity index (χ0) is 12.4. The van der Waals surface area contributed by atoms with E-state index in [0.29, 0.717) is 22.8 Å². The van der Waals surface area contributed by atoms with Crippen LogP contribution in [-0.4, -0.2) is 18.2 Å². The molecular formula is C13H12ClNO2. The third-order valence-electron chi connectivity index (χ3n) is 2.72.